The average Bonchev–Trinajstić information content (AvgIpc) is 3.67. The summed E-state index contributed by atoms with van der Waals surface area (Å²) >= 11 is 0. The molecule has 1 amide bonds. The van der Waals surface area contributed by atoms with E-state index >= 15 is 0 Å². The number of carbonyl (C=O) groups is 2. The molecule has 1 aliphatic carbocycles. The summed E-state index contributed by atoms with van der Waals surface area (Å²) in [5, 5.41) is 0. The molecule has 2 aliphatic rings. The van der Waals surface area contributed by atoms with E-state index in [2.05, 4.69) is 0 Å². The first kappa shape index (κ1) is 23.2. The molecule has 0 aromatic heterocycles. The zero-order valence-electron chi connectivity index (χ0n) is 18.6. The highest BCUT2D eigenvalue weighted by atomic mass is 19.3. The van der Waals surface area contributed by atoms with Crippen LogP contribution in [0.1, 0.15) is 51.8 Å². The van der Waals surface area contributed by atoms with Crippen LogP contribution in [0.5, 0.6) is 0 Å². The van der Waals surface area contributed by atoms with Gasteiger partial charge >= 0.3 is 12.1 Å². The maximum absolute atomic E-state index is 13.1. The third-order valence-corrected chi connectivity index (χ3v) is 6.18. The SMILES string of the molecule is COC(=O)c1ccc(C2CN(CC(F)F)CCN2C(=O)OCc2ccccc2)cc1C1CC1. The zero-order valence-corrected chi connectivity index (χ0v) is 18.6. The lowest BCUT2D eigenvalue weighted by Crippen LogP contribution is -2.51. The lowest BCUT2D eigenvalue weighted by Gasteiger charge is -2.41. The average molecular weight is 459 g/mol. The van der Waals surface area contributed by atoms with Crippen LogP contribution in [0.25, 0.3) is 0 Å². The summed E-state index contributed by atoms with van der Waals surface area (Å²) in [6.45, 7) is 0.684. The Morgan fingerprint density at radius 1 is 1.09 bits per heavy atom. The van der Waals surface area contributed by atoms with Crippen LogP contribution < -0.4 is 0 Å². The molecule has 0 radical (unpaired) electrons. The molecule has 0 bridgehead atoms. The summed E-state index contributed by atoms with van der Waals surface area (Å²) in [5.74, 6) is -0.121. The summed E-state index contributed by atoms with van der Waals surface area (Å²) in [7, 11) is 1.35. The molecule has 33 heavy (non-hydrogen) atoms. The second kappa shape index (κ2) is 10.3. The Morgan fingerprint density at radius 3 is 2.52 bits per heavy atom. The van der Waals surface area contributed by atoms with Gasteiger partial charge in [-0.1, -0.05) is 42.5 Å². The number of halogens is 2. The molecule has 1 saturated heterocycles. The number of esters is 1. The Kier molecular flexibility index (Phi) is 7.23. The van der Waals surface area contributed by atoms with E-state index in [4.69, 9.17) is 9.47 Å². The quantitative estimate of drug-likeness (QED) is 0.567. The van der Waals surface area contributed by atoms with Crippen molar-refractivity contribution in [1.82, 2.24) is 9.80 Å². The highest BCUT2D eigenvalue weighted by Gasteiger charge is 2.35. The van der Waals surface area contributed by atoms with Crippen molar-refractivity contribution in [1.29, 1.82) is 0 Å². The fourth-order valence-corrected chi connectivity index (χ4v) is 4.32. The molecule has 1 unspecified atom stereocenters. The Bertz CT molecular complexity index is 982. The lowest BCUT2D eigenvalue weighted by molar-refractivity contribution is 0.0188. The third-order valence-electron chi connectivity index (χ3n) is 6.18. The Morgan fingerprint density at radius 2 is 1.85 bits per heavy atom. The number of nitrogens with zero attached hydrogens (tertiary/aromatic N) is 2. The van der Waals surface area contributed by atoms with Gasteiger partial charge in [0.15, 0.2) is 0 Å². The molecule has 2 fully saturated rings. The molecular formula is C25H28F2N2O4. The van der Waals surface area contributed by atoms with Crippen LogP contribution in [0.2, 0.25) is 0 Å². The molecule has 8 heteroatoms. The minimum atomic E-state index is -2.45. The smallest absolute Gasteiger partial charge is 0.410 e. The summed E-state index contributed by atoms with van der Waals surface area (Å²) < 4.78 is 36.6. The minimum Gasteiger partial charge on any atom is -0.465 e. The summed E-state index contributed by atoms with van der Waals surface area (Å²) in [5.41, 5.74) is 3.09. The molecule has 1 atom stereocenters. The molecule has 2 aromatic carbocycles. The Labute approximate surface area is 192 Å². The number of hydrogen-bond acceptors (Lipinski definition) is 5. The van der Waals surface area contributed by atoms with Crippen LogP contribution in [0.15, 0.2) is 48.5 Å². The molecule has 0 spiro atoms. The van der Waals surface area contributed by atoms with E-state index in [1.165, 1.54) is 7.11 Å². The maximum atomic E-state index is 13.1. The maximum Gasteiger partial charge on any atom is 0.410 e. The fourth-order valence-electron chi connectivity index (χ4n) is 4.32. The number of amides is 1. The van der Waals surface area contributed by atoms with E-state index in [1.54, 1.807) is 21.9 Å². The van der Waals surface area contributed by atoms with E-state index in [9.17, 15) is 18.4 Å². The fraction of sp³-hybridized carbons (Fsp3) is 0.440. The van der Waals surface area contributed by atoms with Crippen LogP contribution in [0.4, 0.5) is 13.6 Å². The van der Waals surface area contributed by atoms with Gasteiger partial charge in [-0.3, -0.25) is 9.80 Å². The van der Waals surface area contributed by atoms with Gasteiger partial charge in [0.1, 0.15) is 6.61 Å². The van der Waals surface area contributed by atoms with Crippen molar-refractivity contribution >= 4 is 12.1 Å². The van der Waals surface area contributed by atoms with Crippen molar-refractivity contribution in [2.45, 2.75) is 37.8 Å². The molecule has 0 N–H and O–H groups in total. The van der Waals surface area contributed by atoms with Crippen LogP contribution >= 0.6 is 0 Å². The molecule has 1 saturated carbocycles. The standard InChI is InChI=1S/C25H28F2N2O4/c1-32-24(30)20-10-9-19(13-21(20)18-7-8-18)22-14-28(15-23(26)27)11-12-29(22)25(31)33-16-17-5-3-2-4-6-17/h2-6,9-10,13,18,22-23H,7-8,11-12,14-16H2,1H3. The van der Waals surface area contributed by atoms with Crippen molar-refractivity contribution in [3.8, 4) is 0 Å². The second-order valence-corrected chi connectivity index (χ2v) is 8.51. The number of rotatable bonds is 7. The van der Waals surface area contributed by atoms with Crippen molar-refractivity contribution < 1.29 is 27.8 Å². The van der Waals surface area contributed by atoms with E-state index < -0.39 is 24.5 Å². The number of alkyl halides is 2. The third kappa shape index (κ3) is 5.68. The first-order chi connectivity index (χ1) is 16.0. The van der Waals surface area contributed by atoms with Gasteiger partial charge in [-0.15, -0.1) is 0 Å². The van der Waals surface area contributed by atoms with Crippen molar-refractivity contribution in [2.24, 2.45) is 0 Å². The number of benzene rings is 2. The van der Waals surface area contributed by atoms with Crippen molar-refractivity contribution in [3.63, 3.8) is 0 Å². The molecule has 176 valence electrons. The van der Waals surface area contributed by atoms with Gasteiger partial charge in [0.05, 0.1) is 25.3 Å². The van der Waals surface area contributed by atoms with Gasteiger partial charge in [0.25, 0.3) is 6.43 Å². The normalized spacial score (nSPS) is 18.9. The predicted octanol–water partition coefficient (Wildman–Crippen LogP) is 4.61. The number of methoxy groups -OCH3 is 1. The molecule has 1 aliphatic heterocycles. The number of piperazine rings is 1. The minimum absolute atomic E-state index is 0.137. The van der Waals surface area contributed by atoms with Crippen LogP contribution in [0, 0.1) is 0 Å². The van der Waals surface area contributed by atoms with E-state index in [-0.39, 0.29) is 32.2 Å². The predicted molar refractivity (Wildman–Crippen MR) is 118 cm³/mol. The molecule has 6 nitrogen and oxygen atoms in total. The topological polar surface area (TPSA) is 59.1 Å². The summed E-state index contributed by atoms with van der Waals surface area (Å²) in [4.78, 5) is 28.5. The van der Waals surface area contributed by atoms with Gasteiger partial charge in [-0.05, 0) is 41.5 Å². The van der Waals surface area contributed by atoms with Crippen molar-refractivity contribution in [3.05, 3.63) is 70.8 Å². The van der Waals surface area contributed by atoms with Gasteiger partial charge in [-0.25, -0.2) is 18.4 Å². The zero-order chi connectivity index (χ0) is 23.4. The monoisotopic (exact) mass is 458 g/mol. The van der Waals surface area contributed by atoms with E-state index in [0.29, 0.717) is 12.1 Å². The van der Waals surface area contributed by atoms with Gasteiger partial charge in [0, 0.05) is 19.6 Å². The van der Waals surface area contributed by atoms with Gasteiger partial charge < -0.3 is 9.47 Å². The first-order valence-corrected chi connectivity index (χ1v) is 11.2. The Balaban J connectivity index is 1.58. The number of carbonyl (C=O) groups excluding carboxylic acids is 2. The molecular weight excluding hydrogens is 430 g/mol. The summed E-state index contributed by atoms with van der Waals surface area (Å²) in [6.07, 6.45) is -0.965. The van der Waals surface area contributed by atoms with Crippen molar-refractivity contribution in [2.75, 3.05) is 33.3 Å². The lowest BCUT2D eigenvalue weighted by atomic mass is 9.95. The van der Waals surface area contributed by atoms with Crippen LogP contribution in [-0.2, 0) is 16.1 Å². The van der Waals surface area contributed by atoms with E-state index in [1.807, 2.05) is 36.4 Å². The number of ether oxygens (including phenoxy) is 2. The molecule has 2 aromatic rings. The first-order valence-electron chi connectivity index (χ1n) is 11.2. The molecule has 1 heterocycles. The van der Waals surface area contributed by atoms with Gasteiger partial charge in [0.2, 0.25) is 0 Å². The molecule has 4 rings (SSSR count). The highest BCUT2D eigenvalue weighted by molar-refractivity contribution is 5.91. The summed E-state index contributed by atoms with van der Waals surface area (Å²) in [6, 6.07) is 14.4. The van der Waals surface area contributed by atoms with Gasteiger partial charge in [-0.2, -0.15) is 0 Å². The Hall–Kier alpha value is -3.00. The van der Waals surface area contributed by atoms with Crippen LogP contribution in [0.3, 0.4) is 0 Å². The highest BCUT2D eigenvalue weighted by Crippen LogP contribution is 2.43. The number of hydrogen-bond donors (Lipinski definition) is 0. The second-order valence-electron chi connectivity index (χ2n) is 8.51. The van der Waals surface area contributed by atoms with Crippen LogP contribution in [-0.4, -0.2) is 61.6 Å². The largest absolute Gasteiger partial charge is 0.465 e. The van der Waals surface area contributed by atoms with E-state index in [0.717, 1.165) is 29.5 Å².